The predicted molar refractivity (Wildman–Crippen MR) is 86.4 cm³/mol. The molecule has 0 amide bonds. The molecule has 21 heavy (non-hydrogen) atoms. The third-order valence-corrected chi connectivity index (χ3v) is 4.46. The van der Waals surface area contributed by atoms with Crippen molar-refractivity contribution in [1.29, 1.82) is 0 Å². The summed E-state index contributed by atoms with van der Waals surface area (Å²) in [6, 6.07) is 2.03. The first kappa shape index (κ1) is 14.7. The van der Waals surface area contributed by atoms with Gasteiger partial charge in [0.05, 0.1) is 30.0 Å². The Bertz CT molecular complexity index is 653. The first-order valence-corrected chi connectivity index (χ1v) is 7.92. The Hall–Kier alpha value is -1.21. The Kier molecular flexibility index (Phi) is 4.70. The van der Waals surface area contributed by atoms with Crippen LogP contribution in [0.5, 0.6) is 0 Å². The van der Waals surface area contributed by atoms with E-state index in [9.17, 15) is 0 Å². The summed E-state index contributed by atoms with van der Waals surface area (Å²) in [6.07, 6.45) is 4.01. The third-order valence-electron chi connectivity index (χ3n) is 3.20. The van der Waals surface area contributed by atoms with Crippen LogP contribution in [-0.4, -0.2) is 50.0 Å². The summed E-state index contributed by atoms with van der Waals surface area (Å²) in [6.45, 7) is 3.69. The van der Waals surface area contributed by atoms with Crippen LogP contribution in [0.4, 0.5) is 5.82 Å². The van der Waals surface area contributed by atoms with Crippen molar-refractivity contribution in [3.63, 3.8) is 0 Å². The molecule has 3 heterocycles. The molecule has 1 saturated heterocycles. The van der Waals surface area contributed by atoms with Crippen LogP contribution >= 0.6 is 22.9 Å². The van der Waals surface area contributed by atoms with Crippen LogP contribution in [0.2, 0.25) is 5.28 Å². The number of rotatable bonds is 4. The molecule has 0 radical (unpaired) electrons. The van der Waals surface area contributed by atoms with Gasteiger partial charge in [-0.3, -0.25) is 0 Å². The van der Waals surface area contributed by atoms with E-state index < -0.39 is 0 Å². The molecule has 0 aromatic carbocycles. The zero-order chi connectivity index (χ0) is 14.7. The molecule has 5 nitrogen and oxygen atoms in total. The Balaban J connectivity index is 1.98. The molecule has 0 unspecified atom stereocenters. The van der Waals surface area contributed by atoms with Gasteiger partial charge in [0, 0.05) is 25.1 Å². The van der Waals surface area contributed by atoms with Crippen LogP contribution in [0, 0.1) is 0 Å². The Morgan fingerprint density at radius 1 is 1.43 bits per heavy atom. The number of hydrogen-bond donors (Lipinski definition) is 0. The second-order valence-electron chi connectivity index (χ2n) is 4.64. The molecule has 2 aromatic rings. The molecule has 2 aromatic heterocycles. The molecule has 0 saturated carbocycles. The lowest BCUT2D eigenvalue weighted by atomic mass is 10.3. The smallest absolute Gasteiger partial charge is 0.224 e. The van der Waals surface area contributed by atoms with Crippen molar-refractivity contribution in [2.45, 2.75) is 0 Å². The molecular weight excluding hydrogens is 310 g/mol. The van der Waals surface area contributed by atoms with Crippen molar-refractivity contribution in [3.05, 3.63) is 22.3 Å². The first-order chi connectivity index (χ1) is 10.3. The second kappa shape index (κ2) is 6.70. The van der Waals surface area contributed by atoms with Gasteiger partial charge in [-0.1, -0.05) is 6.08 Å². The minimum atomic E-state index is 0.286. The lowest BCUT2D eigenvalue weighted by Crippen LogP contribution is -2.36. The molecule has 0 aliphatic carbocycles. The second-order valence-corrected chi connectivity index (χ2v) is 6.06. The van der Waals surface area contributed by atoms with Crippen molar-refractivity contribution in [2.24, 2.45) is 0 Å². The van der Waals surface area contributed by atoms with Gasteiger partial charge in [0.25, 0.3) is 0 Å². The molecule has 1 aliphatic rings. The molecule has 1 aliphatic heterocycles. The van der Waals surface area contributed by atoms with Gasteiger partial charge in [0.2, 0.25) is 5.28 Å². The van der Waals surface area contributed by atoms with Crippen LogP contribution < -0.4 is 4.90 Å². The van der Waals surface area contributed by atoms with E-state index in [0.29, 0.717) is 6.61 Å². The number of nitrogens with zero attached hydrogens (tertiary/aromatic N) is 3. The van der Waals surface area contributed by atoms with Crippen molar-refractivity contribution in [1.82, 2.24) is 9.97 Å². The summed E-state index contributed by atoms with van der Waals surface area (Å²) >= 11 is 7.73. The van der Waals surface area contributed by atoms with E-state index in [1.54, 1.807) is 18.4 Å². The van der Waals surface area contributed by atoms with E-state index in [0.717, 1.165) is 47.2 Å². The van der Waals surface area contributed by atoms with Crippen LogP contribution in [0.25, 0.3) is 16.3 Å². The molecule has 7 heteroatoms. The quantitative estimate of drug-likeness (QED) is 0.809. The molecule has 112 valence electrons. The maximum absolute atomic E-state index is 6.07. The average Bonchev–Trinajstić information content (AvgIpc) is 2.90. The van der Waals surface area contributed by atoms with Crippen LogP contribution in [0.3, 0.4) is 0 Å². The van der Waals surface area contributed by atoms with Gasteiger partial charge >= 0.3 is 0 Å². The fourth-order valence-corrected chi connectivity index (χ4v) is 3.45. The summed E-state index contributed by atoms with van der Waals surface area (Å²) in [5, 5.41) is 0.286. The van der Waals surface area contributed by atoms with Crippen molar-refractivity contribution in [2.75, 3.05) is 44.9 Å². The van der Waals surface area contributed by atoms with Gasteiger partial charge in [0.15, 0.2) is 5.82 Å². The maximum Gasteiger partial charge on any atom is 0.224 e. The Labute approximate surface area is 132 Å². The van der Waals surface area contributed by atoms with E-state index in [2.05, 4.69) is 14.9 Å². The van der Waals surface area contributed by atoms with Crippen LogP contribution in [0.1, 0.15) is 4.88 Å². The number of morpholine rings is 1. The maximum atomic E-state index is 6.07. The number of anilines is 1. The van der Waals surface area contributed by atoms with Gasteiger partial charge in [0.1, 0.15) is 0 Å². The summed E-state index contributed by atoms with van der Waals surface area (Å²) in [7, 11) is 1.68. The van der Waals surface area contributed by atoms with Gasteiger partial charge in [-0.25, -0.2) is 4.98 Å². The molecule has 0 atom stereocenters. The molecule has 0 spiro atoms. The van der Waals surface area contributed by atoms with Gasteiger partial charge in [-0.15, -0.1) is 11.3 Å². The SMILES string of the molecule is COC/C=C/c1cc2nc(Cl)nc(N3CCOCC3)c2s1. The average molecular weight is 326 g/mol. The number of halogens is 1. The van der Waals surface area contributed by atoms with Crippen LogP contribution in [0.15, 0.2) is 12.1 Å². The molecule has 0 bridgehead atoms. The van der Waals surface area contributed by atoms with Crippen molar-refractivity contribution >= 4 is 45.0 Å². The zero-order valence-corrected chi connectivity index (χ0v) is 13.3. The highest BCUT2D eigenvalue weighted by Crippen LogP contribution is 2.33. The summed E-state index contributed by atoms with van der Waals surface area (Å²) in [5.41, 5.74) is 0.888. The molecular formula is C14H16ClN3O2S. The summed E-state index contributed by atoms with van der Waals surface area (Å²) < 4.78 is 11.5. The lowest BCUT2D eigenvalue weighted by molar-refractivity contribution is 0.122. The summed E-state index contributed by atoms with van der Waals surface area (Å²) in [5.74, 6) is 0.907. The normalized spacial score (nSPS) is 16.2. The monoisotopic (exact) mass is 325 g/mol. The van der Waals surface area contributed by atoms with Crippen molar-refractivity contribution in [3.8, 4) is 0 Å². The van der Waals surface area contributed by atoms with E-state index >= 15 is 0 Å². The van der Waals surface area contributed by atoms with Crippen LogP contribution in [-0.2, 0) is 9.47 Å². The highest BCUT2D eigenvalue weighted by Gasteiger charge is 2.18. The van der Waals surface area contributed by atoms with Crippen molar-refractivity contribution < 1.29 is 9.47 Å². The van der Waals surface area contributed by atoms with Gasteiger partial charge in [-0.05, 0) is 23.7 Å². The standard InChI is InChI=1S/C14H16ClN3O2S/c1-19-6-2-3-10-9-11-12(21-10)13(17-14(15)16-11)18-4-7-20-8-5-18/h2-3,9H,4-8H2,1H3/b3-2+. The zero-order valence-electron chi connectivity index (χ0n) is 11.7. The largest absolute Gasteiger partial charge is 0.381 e. The first-order valence-electron chi connectivity index (χ1n) is 6.73. The third kappa shape index (κ3) is 3.35. The van der Waals surface area contributed by atoms with Gasteiger partial charge < -0.3 is 14.4 Å². The number of thiophene rings is 1. The Morgan fingerprint density at radius 2 is 2.24 bits per heavy atom. The predicted octanol–water partition coefficient (Wildman–Crippen LogP) is 2.84. The highest BCUT2D eigenvalue weighted by atomic mass is 35.5. The fraction of sp³-hybridized carbons (Fsp3) is 0.429. The minimum Gasteiger partial charge on any atom is -0.381 e. The number of methoxy groups -OCH3 is 1. The molecule has 3 rings (SSSR count). The highest BCUT2D eigenvalue weighted by molar-refractivity contribution is 7.20. The molecule has 1 fully saturated rings. The van der Waals surface area contributed by atoms with Gasteiger partial charge in [-0.2, -0.15) is 4.98 Å². The lowest BCUT2D eigenvalue weighted by Gasteiger charge is -2.28. The summed E-state index contributed by atoms with van der Waals surface area (Å²) in [4.78, 5) is 12.1. The van der Waals surface area contributed by atoms with E-state index in [1.165, 1.54) is 0 Å². The Morgan fingerprint density at radius 3 is 3.00 bits per heavy atom. The molecule has 0 N–H and O–H groups in total. The topological polar surface area (TPSA) is 47.5 Å². The van der Waals surface area contributed by atoms with E-state index in [1.807, 2.05) is 18.2 Å². The van der Waals surface area contributed by atoms with E-state index in [-0.39, 0.29) is 5.28 Å². The minimum absolute atomic E-state index is 0.286. The number of hydrogen-bond acceptors (Lipinski definition) is 6. The number of aromatic nitrogens is 2. The van der Waals surface area contributed by atoms with E-state index in [4.69, 9.17) is 21.1 Å². The number of ether oxygens (including phenoxy) is 2. The fourth-order valence-electron chi connectivity index (χ4n) is 2.24. The number of fused-ring (bicyclic) bond motifs is 1.